The second-order valence-corrected chi connectivity index (χ2v) is 7.83. The maximum Gasteiger partial charge on any atom is 0.240 e. The first-order chi connectivity index (χ1) is 10.0. The molecule has 1 fully saturated rings. The van der Waals surface area contributed by atoms with Gasteiger partial charge < -0.3 is 5.32 Å². The highest BCUT2D eigenvalue weighted by molar-refractivity contribution is 7.89. The van der Waals surface area contributed by atoms with E-state index < -0.39 is 10.0 Å². The van der Waals surface area contributed by atoms with E-state index >= 15 is 0 Å². The third-order valence-electron chi connectivity index (χ3n) is 4.18. The van der Waals surface area contributed by atoms with Crippen LogP contribution in [-0.4, -0.2) is 21.5 Å². The standard InChI is InChI=1S/C16H26N2O2S/c1-3-17-11-14-6-8-16(9-7-14)21(19,20)18-12-15-5-4-13(2)10-15/h6-9,13,15,17-18H,3-5,10-12H2,1-2H3. The van der Waals surface area contributed by atoms with Crippen molar-refractivity contribution in [2.45, 2.75) is 44.6 Å². The molecule has 5 heteroatoms. The minimum atomic E-state index is -3.37. The van der Waals surface area contributed by atoms with Crippen LogP contribution in [0.2, 0.25) is 0 Å². The highest BCUT2D eigenvalue weighted by atomic mass is 32.2. The molecular formula is C16H26N2O2S. The Morgan fingerprint density at radius 2 is 1.90 bits per heavy atom. The number of rotatable bonds is 7. The molecule has 2 atom stereocenters. The van der Waals surface area contributed by atoms with Crippen LogP contribution in [0, 0.1) is 11.8 Å². The topological polar surface area (TPSA) is 58.2 Å². The molecule has 118 valence electrons. The van der Waals surface area contributed by atoms with Crippen LogP contribution in [-0.2, 0) is 16.6 Å². The van der Waals surface area contributed by atoms with Crippen molar-refractivity contribution in [2.75, 3.05) is 13.1 Å². The van der Waals surface area contributed by atoms with E-state index in [9.17, 15) is 8.42 Å². The minimum Gasteiger partial charge on any atom is -0.313 e. The Bertz CT molecular complexity index is 540. The molecule has 1 aromatic carbocycles. The lowest BCUT2D eigenvalue weighted by molar-refractivity contribution is 0.498. The molecule has 1 saturated carbocycles. The summed E-state index contributed by atoms with van der Waals surface area (Å²) in [6.07, 6.45) is 3.47. The summed E-state index contributed by atoms with van der Waals surface area (Å²) in [6, 6.07) is 7.11. The fourth-order valence-electron chi connectivity index (χ4n) is 2.88. The third kappa shape index (κ3) is 4.80. The summed E-state index contributed by atoms with van der Waals surface area (Å²) in [5.74, 6) is 1.22. The molecule has 0 heterocycles. The van der Waals surface area contributed by atoms with Crippen molar-refractivity contribution in [1.29, 1.82) is 0 Å². The van der Waals surface area contributed by atoms with E-state index in [1.54, 1.807) is 12.1 Å². The van der Waals surface area contributed by atoms with Gasteiger partial charge in [0.2, 0.25) is 10.0 Å². The summed E-state index contributed by atoms with van der Waals surface area (Å²) in [4.78, 5) is 0.355. The Morgan fingerprint density at radius 3 is 2.48 bits per heavy atom. The molecule has 0 aliphatic heterocycles. The molecule has 21 heavy (non-hydrogen) atoms. The molecule has 0 spiro atoms. The average molecular weight is 310 g/mol. The van der Waals surface area contributed by atoms with Crippen molar-refractivity contribution in [3.63, 3.8) is 0 Å². The van der Waals surface area contributed by atoms with Crippen molar-refractivity contribution in [1.82, 2.24) is 10.0 Å². The van der Waals surface area contributed by atoms with E-state index in [-0.39, 0.29) is 0 Å². The fourth-order valence-corrected chi connectivity index (χ4v) is 3.99. The quantitative estimate of drug-likeness (QED) is 0.813. The van der Waals surface area contributed by atoms with Crippen molar-refractivity contribution in [2.24, 2.45) is 11.8 Å². The summed E-state index contributed by atoms with van der Waals surface area (Å²) < 4.78 is 27.3. The van der Waals surface area contributed by atoms with E-state index in [2.05, 4.69) is 17.0 Å². The lowest BCUT2D eigenvalue weighted by Gasteiger charge is -2.12. The van der Waals surface area contributed by atoms with Crippen molar-refractivity contribution >= 4 is 10.0 Å². The molecule has 1 aliphatic rings. The zero-order valence-corrected chi connectivity index (χ0v) is 13.7. The maximum atomic E-state index is 12.3. The Hall–Kier alpha value is -0.910. The average Bonchev–Trinajstić information content (AvgIpc) is 2.89. The molecule has 4 nitrogen and oxygen atoms in total. The SMILES string of the molecule is CCNCc1ccc(S(=O)(=O)NCC2CCC(C)C2)cc1. The van der Waals surface area contributed by atoms with Crippen molar-refractivity contribution in [3.05, 3.63) is 29.8 Å². The number of benzene rings is 1. The first-order valence-electron chi connectivity index (χ1n) is 7.80. The molecule has 0 saturated heterocycles. The monoisotopic (exact) mass is 310 g/mol. The molecular weight excluding hydrogens is 284 g/mol. The molecule has 1 aromatic rings. The molecule has 2 N–H and O–H groups in total. The lowest BCUT2D eigenvalue weighted by Crippen LogP contribution is -2.28. The molecule has 0 radical (unpaired) electrons. The van der Waals surface area contributed by atoms with Gasteiger partial charge in [-0.05, 0) is 48.9 Å². The highest BCUT2D eigenvalue weighted by Crippen LogP contribution is 2.29. The fraction of sp³-hybridized carbons (Fsp3) is 0.625. The van der Waals surface area contributed by atoms with E-state index in [4.69, 9.17) is 0 Å². The maximum absolute atomic E-state index is 12.3. The summed E-state index contributed by atoms with van der Waals surface area (Å²) in [7, 11) is -3.37. The Labute approximate surface area is 128 Å². The Morgan fingerprint density at radius 1 is 1.19 bits per heavy atom. The second-order valence-electron chi connectivity index (χ2n) is 6.06. The van der Waals surface area contributed by atoms with Gasteiger partial charge in [-0.2, -0.15) is 0 Å². The van der Waals surface area contributed by atoms with E-state index in [0.717, 1.165) is 37.4 Å². The van der Waals surface area contributed by atoms with Crippen LogP contribution in [0.3, 0.4) is 0 Å². The van der Waals surface area contributed by atoms with Gasteiger partial charge in [0, 0.05) is 13.1 Å². The van der Waals surface area contributed by atoms with E-state index in [1.807, 2.05) is 19.1 Å². The predicted molar refractivity (Wildman–Crippen MR) is 85.5 cm³/mol. The molecule has 0 bridgehead atoms. The van der Waals surface area contributed by atoms with Gasteiger partial charge >= 0.3 is 0 Å². The summed E-state index contributed by atoms with van der Waals surface area (Å²) in [6.45, 7) is 6.52. The van der Waals surface area contributed by atoms with Gasteiger partial charge in [-0.3, -0.25) is 0 Å². The van der Waals surface area contributed by atoms with Crippen LogP contribution in [0.5, 0.6) is 0 Å². The van der Waals surface area contributed by atoms with Crippen LogP contribution in [0.15, 0.2) is 29.2 Å². The molecule has 2 unspecified atom stereocenters. The smallest absolute Gasteiger partial charge is 0.240 e. The number of sulfonamides is 1. The zero-order chi connectivity index (χ0) is 15.3. The van der Waals surface area contributed by atoms with E-state index in [0.29, 0.717) is 17.4 Å². The second kappa shape index (κ2) is 7.38. The number of nitrogens with one attached hydrogen (secondary N) is 2. The van der Waals surface area contributed by atoms with Gasteiger partial charge in [-0.15, -0.1) is 0 Å². The van der Waals surface area contributed by atoms with Crippen LogP contribution < -0.4 is 10.0 Å². The summed E-state index contributed by atoms with van der Waals surface area (Å²) in [5.41, 5.74) is 1.10. The van der Waals surface area contributed by atoms with Gasteiger partial charge in [0.15, 0.2) is 0 Å². The molecule has 2 rings (SSSR count). The molecule has 1 aliphatic carbocycles. The normalized spacial score (nSPS) is 22.6. The third-order valence-corrected chi connectivity index (χ3v) is 5.62. The summed E-state index contributed by atoms with van der Waals surface area (Å²) in [5, 5.41) is 3.22. The molecule has 0 amide bonds. The highest BCUT2D eigenvalue weighted by Gasteiger charge is 2.23. The van der Waals surface area contributed by atoms with E-state index in [1.165, 1.54) is 6.42 Å². The van der Waals surface area contributed by atoms with Gasteiger partial charge in [0.25, 0.3) is 0 Å². The van der Waals surface area contributed by atoms with Crippen LogP contribution in [0.4, 0.5) is 0 Å². The summed E-state index contributed by atoms with van der Waals surface area (Å²) >= 11 is 0. The van der Waals surface area contributed by atoms with Gasteiger partial charge in [0.05, 0.1) is 4.90 Å². The van der Waals surface area contributed by atoms with Crippen molar-refractivity contribution < 1.29 is 8.42 Å². The van der Waals surface area contributed by atoms with Crippen molar-refractivity contribution in [3.8, 4) is 0 Å². The lowest BCUT2D eigenvalue weighted by atomic mass is 10.1. The Balaban J connectivity index is 1.92. The number of hydrogen-bond donors (Lipinski definition) is 2. The first-order valence-corrected chi connectivity index (χ1v) is 9.29. The van der Waals surface area contributed by atoms with Crippen LogP contribution in [0.25, 0.3) is 0 Å². The van der Waals surface area contributed by atoms with Gasteiger partial charge in [0.1, 0.15) is 0 Å². The number of hydrogen-bond acceptors (Lipinski definition) is 3. The van der Waals surface area contributed by atoms with Gasteiger partial charge in [-0.25, -0.2) is 13.1 Å². The van der Waals surface area contributed by atoms with Crippen LogP contribution in [0.1, 0.15) is 38.7 Å². The van der Waals surface area contributed by atoms with Gasteiger partial charge in [-0.1, -0.05) is 32.4 Å². The molecule has 0 aromatic heterocycles. The largest absolute Gasteiger partial charge is 0.313 e. The Kier molecular flexibility index (Phi) is 5.79. The first kappa shape index (κ1) is 16.5. The predicted octanol–water partition coefficient (Wildman–Crippen LogP) is 2.51. The minimum absolute atomic E-state index is 0.355. The zero-order valence-electron chi connectivity index (χ0n) is 12.9. The van der Waals surface area contributed by atoms with Crippen LogP contribution >= 0.6 is 0 Å².